The molecule has 0 aliphatic heterocycles. The summed E-state index contributed by atoms with van der Waals surface area (Å²) in [5.41, 5.74) is 1.30. The van der Waals surface area contributed by atoms with Crippen molar-refractivity contribution in [2.75, 3.05) is 13.2 Å². The fourth-order valence-corrected chi connectivity index (χ4v) is 1.76. The molecule has 0 spiro atoms. The van der Waals surface area contributed by atoms with E-state index in [0.29, 0.717) is 12.6 Å². The number of benzene rings is 1. The lowest BCUT2D eigenvalue weighted by atomic mass is 10.1. The van der Waals surface area contributed by atoms with Crippen LogP contribution in [-0.4, -0.2) is 30.4 Å². The number of ether oxygens (including phenoxy) is 1. The first kappa shape index (κ1) is 15.0. The van der Waals surface area contributed by atoms with Crippen molar-refractivity contribution in [3.05, 3.63) is 29.8 Å². The van der Waals surface area contributed by atoms with E-state index in [1.807, 2.05) is 12.1 Å². The summed E-state index contributed by atoms with van der Waals surface area (Å²) in [5, 5.41) is 12.6. The van der Waals surface area contributed by atoms with E-state index < -0.39 is 6.10 Å². The average molecular weight is 251 g/mol. The van der Waals surface area contributed by atoms with Crippen molar-refractivity contribution in [1.82, 2.24) is 5.32 Å². The van der Waals surface area contributed by atoms with E-state index >= 15 is 0 Å². The van der Waals surface area contributed by atoms with Gasteiger partial charge in [0.2, 0.25) is 0 Å². The van der Waals surface area contributed by atoms with Crippen molar-refractivity contribution in [2.45, 2.75) is 45.8 Å². The van der Waals surface area contributed by atoms with Gasteiger partial charge >= 0.3 is 0 Å². The Hall–Kier alpha value is -1.06. The molecule has 1 aromatic carbocycles. The summed E-state index contributed by atoms with van der Waals surface area (Å²) in [6, 6.07) is 8.59. The molecule has 2 unspecified atom stereocenters. The summed E-state index contributed by atoms with van der Waals surface area (Å²) >= 11 is 0. The maximum atomic E-state index is 9.14. The number of aliphatic hydroxyl groups is 1. The van der Waals surface area contributed by atoms with Crippen molar-refractivity contribution >= 4 is 0 Å². The van der Waals surface area contributed by atoms with Crippen LogP contribution in [-0.2, 0) is 6.42 Å². The monoisotopic (exact) mass is 251 g/mol. The van der Waals surface area contributed by atoms with Gasteiger partial charge in [0.1, 0.15) is 12.4 Å². The summed E-state index contributed by atoms with van der Waals surface area (Å²) in [6.45, 7) is 7.50. The highest BCUT2D eigenvalue weighted by Gasteiger charge is 2.03. The van der Waals surface area contributed by atoms with Crippen LogP contribution in [0.1, 0.15) is 32.8 Å². The molecule has 0 aromatic heterocycles. The van der Waals surface area contributed by atoms with Crippen LogP contribution in [0.25, 0.3) is 0 Å². The third-order valence-electron chi connectivity index (χ3n) is 2.70. The Morgan fingerprint density at radius 1 is 1.22 bits per heavy atom. The second kappa shape index (κ2) is 8.11. The van der Waals surface area contributed by atoms with Crippen molar-refractivity contribution in [3.8, 4) is 5.75 Å². The molecule has 2 atom stereocenters. The minimum Gasteiger partial charge on any atom is -0.491 e. The highest BCUT2D eigenvalue weighted by atomic mass is 16.5. The largest absolute Gasteiger partial charge is 0.491 e. The van der Waals surface area contributed by atoms with Crippen molar-refractivity contribution < 1.29 is 9.84 Å². The number of hydrogen-bond donors (Lipinski definition) is 2. The van der Waals surface area contributed by atoms with Crippen LogP contribution in [0.4, 0.5) is 0 Å². The SMILES string of the molecule is CCCNC(C)Cc1ccc(OCC(C)O)cc1. The smallest absolute Gasteiger partial charge is 0.119 e. The summed E-state index contributed by atoms with van der Waals surface area (Å²) in [5.74, 6) is 0.814. The van der Waals surface area contributed by atoms with Crippen LogP contribution >= 0.6 is 0 Å². The molecule has 0 aliphatic rings. The van der Waals surface area contributed by atoms with E-state index in [9.17, 15) is 0 Å². The number of aliphatic hydroxyl groups excluding tert-OH is 1. The zero-order chi connectivity index (χ0) is 13.4. The molecule has 0 saturated carbocycles. The maximum absolute atomic E-state index is 9.14. The van der Waals surface area contributed by atoms with Gasteiger partial charge in [-0.1, -0.05) is 19.1 Å². The first-order chi connectivity index (χ1) is 8.61. The number of nitrogens with one attached hydrogen (secondary N) is 1. The third-order valence-corrected chi connectivity index (χ3v) is 2.70. The van der Waals surface area contributed by atoms with E-state index in [2.05, 4.69) is 31.3 Å². The molecule has 18 heavy (non-hydrogen) atoms. The second-order valence-electron chi connectivity index (χ2n) is 4.86. The zero-order valence-corrected chi connectivity index (χ0v) is 11.6. The van der Waals surface area contributed by atoms with Gasteiger partial charge in [0, 0.05) is 6.04 Å². The molecule has 0 bridgehead atoms. The Morgan fingerprint density at radius 2 is 1.89 bits per heavy atom. The lowest BCUT2D eigenvalue weighted by Crippen LogP contribution is -2.28. The molecule has 3 nitrogen and oxygen atoms in total. The van der Waals surface area contributed by atoms with Crippen LogP contribution in [0, 0.1) is 0 Å². The lowest BCUT2D eigenvalue weighted by molar-refractivity contribution is 0.122. The van der Waals surface area contributed by atoms with Crippen molar-refractivity contribution in [3.63, 3.8) is 0 Å². The molecule has 2 N–H and O–H groups in total. The van der Waals surface area contributed by atoms with E-state index in [1.165, 1.54) is 5.56 Å². The van der Waals surface area contributed by atoms with Gasteiger partial charge < -0.3 is 15.2 Å². The first-order valence-electron chi connectivity index (χ1n) is 6.75. The average Bonchev–Trinajstić information content (AvgIpc) is 2.35. The molecule has 0 aliphatic carbocycles. The second-order valence-corrected chi connectivity index (χ2v) is 4.86. The summed E-state index contributed by atoms with van der Waals surface area (Å²) < 4.78 is 5.43. The lowest BCUT2D eigenvalue weighted by Gasteiger charge is -2.13. The minimum absolute atomic E-state index is 0.341. The Morgan fingerprint density at radius 3 is 2.44 bits per heavy atom. The third kappa shape index (κ3) is 6.03. The predicted octanol–water partition coefficient (Wildman–Crippen LogP) is 2.38. The Balaban J connectivity index is 2.39. The van der Waals surface area contributed by atoms with Gasteiger partial charge in [0.15, 0.2) is 0 Å². The molecule has 3 heteroatoms. The van der Waals surface area contributed by atoms with E-state index in [-0.39, 0.29) is 0 Å². The van der Waals surface area contributed by atoms with Gasteiger partial charge in [-0.2, -0.15) is 0 Å². The molecule has 0 saturated heterocycles. The summed E-state index contributed by atoms with van der Waals surface area (Å²) in [6.07, 6.45) is 1.76. The fourth-order valence-electron chi connectivity index (χ4n) is 1.76. The highest BCUT2D eigenvalue weighted by Crippen LogP contribution is 2.13. The normalized spacial score (nSPS) is 14.2. The zero-order valence-electron chi connectivity index (χ0n) is 11.6. The standard InChI is InChI=1S/C15H25NO2/c1-4-9-16-12(2)10-14-5-7-15(8-6-14)18-11-13(3)17/h5-8,12-13,16-17H,4,9-11H2,1-3H3. The Kier molecular flexibility index (Phi) is 6.76. The van der Waals surface area contributed by atoms with Gasteiger partial charge in [0.25, 0.3) is 0 Å². The molecule has 102 valence electrons. The van der Waals surface area contributed by atoms with Gasteiger partial charge in [-0.15, -0.1) is 0 Å². The van der Waals surface area contributed by atoms with Crippen LogP contribution in [0.5, 0.6) is 5.75 Å². The molecule has 0 radical (unpaired) electrons. The Bertz CT molecular complexity index is 322. The number of hydrogen-bond acceptors (Lipinski definition) is 3. The molecule has 1 rings (SSSR count). The Labute approximate surface area is 110 Å². The van der Waals surface area contributed by atoms with Gasteiger partial charge in [0.05, 0.1) is 6.10 Å². The molecule has 0 fully saturated rings. The predicted molar refractivity (Wildman–Crippen MR) is 75.1 cm³/mol. The summed E-state index contributed by atoms with van der Waals surface area (Å²) in [7, 11) is 0. The van der Waals surface area contributed by atoms with Crippen LogP contribution < -0.4 is 10.1 Å². The van der Waals surface area contributed by atoms with Gasteiger partial charge in [-0.3, -0.25) is 0 Å². The van der Waals surface area contributed by atoms with Crippen molar-refractivity contribution in [1.29, 1.82) is 0 Å². The molecular formula is C15H25NO2. The first-order valence-corrected chi connectivity index (χ1v) is 6.75. The topological polar surface area (TPSA) is 41.5 Å². The minimum atomic E-state index is -0.428. The maximum Gasteiger partial charge on any atom is 0.119 e. The fraction of sp³-hybridized carbons (Fsp3) is 0.600. The van der Waals surface area contributed by atoms with Crippen LogP contribution in [0.2, 0.25) is 0 Å². The van der Waals surface area contributed by atoms with E-state index in [0.717, 1.165) is 25.1 Å². The van der Waals surface area contributed by atoms with Crippen LogP contribution in [0.15, 0.2) is 24.3 Å². The molecule has 0 heterocycles. The van der Waals surface area contributed by atoms with Gasteiger partial charge in [-0.25, -0.2) is 0 Å². The molecule has 0 amide bonds. The molecular weight excluding hydrogens is 226 g/mol. The quantitative estimate of drug-likeness (QED) is 0.745. The number of rotatable bonds is 8. The van der Waals surface area contributed by atoms with Crippen LogP contribution in [0.3, 0.4) is 0 Å². The van der Waals surface area contributed by atoms with E-state index in [4.69, 9.17) is 9.84 Å². The molecule has 1 aromatic rings. The van der Waals surface area contributed by atoms with Crippen molar-refractivity contribution in [2.24, 2.45) is 0 Å². The van der Waals surface area contributed by atoms with Gasteiger partial charge in [-0.05, 0) is 50.9 Å². The highest BCUT2D eigenvalue weighted by molar-refractivity contribution is 5.27. The summed E-state index contributed by atoms with van der Waals surface area (Å²) in [4.78, 5) is 0. The van der Waals surface area contributed by atoms with E-state index in [1.54, 1.807) is 6.92 Å².